The van der Waals surface area contributed by atoms with Gasteiger partial charge in [0.25, 0.3) is 5.56 Å². The molecule has 0 aliphatic carbocycles. The van der Waals surface area contributed by atoms with Crippen molar-refractivity contribution in [3.8, 4) is 17.2 Å². The molecule has 0 N–H and O–H groups in total. The molecule has 0 amide bonds. The molecule has 1 saturated heterocycles. The summed E-state index contributed by atoms with van der Waals surface area (Å²) in [5.74, 6) is 1.15. The molecule has 0 bridgehead atoms. The molecule has 8 heteroatoms. The summed E-state index contributed by atoms with van der Waals surface area (Å²) >= 11 is 0. The van der Waals surface area contributed by atoms with Gasteiger partial charge in [0.2, 0.25) is 0 Å². The van der Waals surface area contributed by atoms with Crippen LogP contribution in [-0.4, -0.2) is 42.3 Å². The van der Waals surface area contributed by atoms with E-state index in [0.29, 0.717) is 34.8 Å². The first-order chi connectivity index (χ1) is 13.6. The fourth-order valence-electron chi connectivity index (χ4n) is 3.18. The van der Waals surface area contributed by atoms with E-state index < -0.39 is 18.3 Å². The normalized spacial score (nSPS) is 17.4. The highest BCUT2D eigenvalue weighted by molar-refractivity contribution is 6.61. The van der Waals surface area contributed by atoms with E-state index in [4.69, 9.17) is 18.8 Å². The van der Waals surface area contributed by atoms with Gasteiger partial charge in [0.15, 0.2) is 0 Å². The fraction of sp³-hybridized carbons (Fsp3) is 0.524. The van der Waals surface area contributed by atoms with Crippen LogP contribution in [0.5, 0.6) is 11.5 Å². The number of hydrogen-bond acceptors (Lipinski definition) is 6. The van der Waals surface area contributed by atoms with E-state index in [2.05, 4.69) is 5.10 Å². The van der Waals surface area contributed by atoms with Crippen LogP contribution in [-0.2, 0) is 15.7 Å². The molecule has 1 fully saturated rings. The van der Waals surface area contributed by atoms with Crippen LogP contribution in [0.15, 0.2) is 29.1 Å². The quantitative estimate of drug-likeness (QED) is 0.694. The molecule has 2 aromatic rings. The molecule has 0 radical (unpaired) electrons. The Morgan fingerprint density at radius 1 is 1.00 bits per heavy atom. The highest BCUT2D eigenvalue weighted by Gasteiger charge is 2.52. The third-order valence-electron chi connectivity index (χ3n) is 5.60. The van der Waals surface area contributed by atoms with Crippen LogP contribution in [0.3, 0.4) is 0 Å². The van der Waals surface area contributed by atoms with Crippen LogP contribution in [0.4, 0.5) is 0 Å². The van der Waals surface area contributed by atoms with Crippen LogP contribution in [0.25, 0.3) is 5.69 Å². The largest absolute Gasteiger partial charge is 0.516 e. The molecule has 0 spiro atoms. The average molecular weight is 400 g/mol. The van der Waals surface area contributed by atoms with Gasteiger partial charge >= 0.3 is 7.12 Å². The molecule has 1 aromatic carbocycles. The summed E-state index contributed by atoms with van der Waals surface area (Å²) in [6.07, 6.45) is 1.47. The van der Waals surface area contributed by atoms with Gasteiger partial charge < -0.3 is 18.8 Å². The Kier molecular flexibility index (Phi) is 5.78. The van der Waals surface area contributed by atoms with Crippen LogP contribution >= 0.6 is 0 Å². The smallest absolute Gasteiger partial charge is 0.497 e. The maximum atomic E-state index is 13.1. The fourth-order valence-corrected chi connectivity index (χ4v) is 3.18. The number of rotatable bonds is 6. The molecule has 1 aliphatic heterocycles. The van der Waals surface area contributed by atoms with E-state index in [1.165, 1.54) is 4.68 Å². The van der Waals surface area contributed by atoms with Crippen molar-refractivity contribution in [2.75, 3.05) is 14.2 Å². The Labute approximate surface area is 172 Å². The summed E-state index contributed by atoms with van der Waals surface area (Å²) < 4.78 is 24.4. The lowest BCUT2D eigenvalue weighted by molar-refractivity contribution is 0.00578. The first-order valence-corrected chi connectivity index (χ1v) is 9.84. The Morgan fingerprint density at radius 2 is 1.55 bits per heavy atom. The van der Waals surface area contributed by atoms with Crippen molar-refractivity contribution >= 4 is 12.7 Å². The summed E-state index contributed by atoms with van der Waals surface area (Å²) in [6.45, 7) is 9.99. The molecule has 7 nitrogen and oxygen atoms in total. The van der Waals surface area contributed by atoms with Crippen LogP contribution in [0, 0.1) is 0 Å². The number of hydrogen-bond donors (Lipinski definition) is 0. The lowest BCUT2D eigenvalue weighted by Gasteiger charge is -2.32. The van der Waals surface area contributed by atoms with Crippen molar-refractivity contribution in [2.45, 2.75) is 58.7 Å². The van der Waals surface area contributed by atoms with Crippen molar-refractivity contribution in [1.29, 1.82) is 0 Å². The lowest BCUT2D eigenvalue weighted by atomic mass is 9.83. The van der Waals surface area contributed by atoms with Crippen molar-refractivity contribution < 1.29 is 18.8 Å². The van der Waals surface area contributed by atoms with E-state index in [-0.39, 0.29) is 5.56 Å². The summed E-state index contributed by atoms with van der Waals surface area (Å²) in [5.41, 5.74) is 0.612. The van der Waals surface area contributed by atoms with Crippen molar-refractivity contribution in [3.63, 3.8) is 0 Å². The monoisotopic (exact) mass is 400 g/mol. The second-order valence-electron chi connectivity index (χ2n) is 8.22. The first kappa shape index (κ1) is 21.4. The minimum Gasteiger partial charge on any atom is -0.497 e. The third kappa shape index (κ3) is 4.04. The molecule has 0 unspecified atom stereocenters. The van der Waals surface area contributed by atoms with Gasteiger partial charge in [-0.15, -0.1) is 0 Å². The van der Waals surface area contributed by atoms with Gasteiger partial charge in [-0.05, 0) is 40.2 Å². The van der Waals surface area contributed by atoms with E-state index in [9.17, 15) is 4.79 Å². The minimum atomic E-state index is -0.657. The van der Waals surface area contributed by atoms with Gasteiger partial charge in [0, 0.05) is 23.8 Å². The number of benzene rings is 1. The molecule has 1 aromatic heterocycles. The molecule has 1 aliphatic rings. The van der Waals surface area contributed by atoms with Gasteiger partial charge in [0.05, 0.1) is 36.7 Å². The van der Waals surface area contributed by atoms with Gasteiger partial charge in [-0.1, -0.05) is 13.3 Å². The summed E-state index contributed by atoms with van der Waals surface area (Å²) in [6, 6.07) is 7.04. The van der Waals surface area contributed by atoms with Gasteiger partial charge in [-0.3, -0.25) is 4.79 Å². The van der Waals surface area contributed by atoms with E-state index in [1.807, 2.05) is 34.6 Å². The molecule has 0 saturated carbocycles. The predicted molar refractivity (Wildman–Crippen MR) is 113 cm³/mol. The molecular weight excluding hydrogens is 371 g/mol. The number of aryl methyl sites for hydroxylation is 1. The van der Waals surface area contributed by atoms with E-state index in [1.54, 1.807) is 38.5 Å². The Morgan fingerprint density at radius 3 is 2.03 bits per heavy atom. The first-order valence-electron chi connectivity index (χ1n) is 9.84. The molecule has 156 valence electrons. The lowest BCUT2D eigenvalue weighted by Crippen LogP contribution is -2.42. The van der Waals surface area contributed by atoms with E-state index >= 15 is 0 Å². The zero-order chi connectivity index (χ0) is 21.4. The van der Waals surface area contributed by atoms with Crippen LogP contribution < -0.4 is 20.6 Å². The van der Waals surface area contributed by atoms with Crippen molar-refractivity contribution in [1.82, 2.24) is 9.78 Å². The molecular formula is C21H29BN2O5. The average Bonchev–Trinajstić information content (AvgIpc) is 2.90. The number of methoxy groups -OCH3 is 2. The highest BCUT2D eigenvalue weighted by atomic mass is 16.7. The Hall–Kier alpha value is -2.32. The minimum absolute atomic E-state index is 0.178. The topological polar surface area (TPSA) is 71.8 Å². The Bertz CT molecular complexity index is 916. The Balaban J connectivity index is 2.15. The number of nitrogens with zero attached hydrogens (tertiary/aromatic N) is 2. The maximum absolute atomic E-state index is 13.1. The summed E-state index contributed by atoms with van der Waals surface area (Å²) in [7, 11) is 2.48. The third-order valence-corrected chi connectivity index (χ3v) is 5.60. The molecule has 0 atom stereocenters. The second-order valence-corrected chi connectivity index (χ2v) is 8.22. The zero-order valence-corrected chi connectivity index (χ0v) is 18.2. The highest BCUT2D eigenvalue weighted by Crippen LogP contribution is 2.36. The van der Waals surface area contributed by atoms with Crippen molar-refractivity contribution in [2.24, 2.45) is 0 Å². The molecule has 3 rings (SSSR count). The van der Waals surface area contributed by atoms with Gasteiger partial charge in [0.1, 0.15) is 11.5 Å². The van der Waals surface area contributed by atoms with Crippen molar-refractivity contribution in [3.05, 3.63) is 40.2 Å². The van der Waals surface area contributed by atoms with Crippen LogP contribution in [0.1, 0.15) is 46.6 Å². The van der Waals surface area contributed by atoms with E-state index in [0.717, 1.165) is 6.42 Å². The predicted octanol–water partition coefficient (Wildman–Crippen LogP) is 2.50. The number of aromatic nitrogens is 2. The standard InChI is InChI=1S/C21H29BN2O5/c1-8-9-14-10-18(22-28-20(2,3)21(4,5)29-22)23-24(19(14)25)15-11-16(26-6)13-17(12-15)27-7/h10-13H,8-9H2,1-7H3. The second kappa shape index (κ2) is 7.84. The zero-order valence-electron chi connectivity index (χ0n) is 18.2. The molecule has 29 heavy (non-hydrogen) atoms. The number of ether oxygens (including phenoxy) is 2. The summed E-state index contributed by atoms with van der Waals surface area (Å²) in [4.78, 5) is 13.1. The van der Waals surface area contributed by atoms with Gasteiger partial charge in [-0.25, -0.2) is 0 Å². The molecule has 2 heterocycles. The SMILES string of the molecule is CCCc1cc(B2OC(C)(C)C(C)(C)O2)nn(-c2cc(OC)cc(OC)c2)c1=O. The maximum Gasteiger partial charge on any atom is 0.516 e. The van der Waals surface area contributed by atoms with Gasteiger partial charge in [-0.2, -0.15) is 9.78 Å². The summed E-state index contributed by atoms with van der Waals surface area (Å²) in [5, 5.41) is 4.59. The van der Waals surface area contributed by atoms with Crippen LogP contribution in [0.2, 0.25) is 0 Å².